The van der Waals surface area contributed by atoms with E-state index < -0.39 is 0 Å². The zero-order valence-corrected chi connectivity index (χ0v) is 12.9. The third-order valence-electron chi connectivity index (χ3n) is 4.33. The highest BCUT2D eigenvalue weighted by atomic mass is 16.2. The largest absolute Gasteiger partial charge is 0.335 e. The summed E-state index contributed by atoms with van der Waals surface area (Å²) in [7, 11) is 0. The lowest BCUT2D eigenvalue weighted by Crippen LogP contribution is -2.40. The van der Waals surface area contributed by atoms with Gasteiger partial charge in [-0.05, 0) is 44.2 Å². The number of nitrogens with zero attached hydrogens (tertiary/aromatic N) is 1. The second kappa shape index (κ2) is 6.89. The van der Waals surface area contributed by atoms with E-state index in [4.69, 9.17) is 0 Å². The highest BCUT2D eigenvalue weighted by molar-refractivity contribution is 5.79. The molecule has 2 unspecified atom stereocenters. The van der Waals surface area contributed by atoms with Crippen LogP contribution < -0.4 is 5.32 Å². The van der Waals surface area contributed by atoms with Crippen LogP contribution in [0.25, 0.3) is 0 Å². The van der Waals surface area contributed by atoms with Crippen molar-refractivity contribution in [3.8, 4) is 0 Å². The van der Waals surface area contributed by atoms with Crippen molar-refractivity contribution in [1.29, 1.82) is 0 Å². The summed E-state index contributed by atoms with van der Waals surface area (Å²) in [5.74, 6) is 0.232. The van der Waals surface area contributed by atoms with Crippen LogP contribution in [0.1, 0.15) is 50.3 Å². The van der Waals surface area contributed by atoms with Crippen LogP contribution in [-0.4, -0.2) is 29.9 Å². The first kappa shape index (κ1) is 15.0. The first-order valence-corrected chi connectivity index (χ1v) is 7.71. The second-order valence-corrected chi connectivity index (χ2v) is 5.79. The first-order chi connectivity index (χ1) is 9.63. The van der Waals surface area contributed by atoms with E-state index in [1.165, 1.54) is 11.1 Å². The van der Waals surface area contributed by atoms with Gasteiger partial charge in [0.15, 0.2) is 0 Å². The molecule has 0 aliphatic carbocycles. The van der Waals surface area contributed by atoms with E-state index in [2.05, 4.69) is 55.3 Å². The average molecular weight is 274 g/mol. The minimum absolute atomic E-state index is 0.232. The number of hydrogen-bond donors (Lipinski definition) is 1. The molecule has 1 fully saturated rings. The van der Waals surface area contributed by atoms with E-state index in [-0.39, 0.29) is 11.9 Å². The van der Waals surface area contributed by atoms with Crippen molar-refractivity contribution in [2.75, 3.05) is 13.1 Å². The van der Waals surface area contributed by atoms with E-state index in [1.807, 2.05) is 0 Å². The monoisotopic (exact) mass is 274 g/mol. The Hall–Kier alpha value is -1.35. The Labute approximate surface area is 122 Å². The third kappa shape index (κ3) is 3.40. The Morgan fingerprint density at radius 3 is 2.90 bits per heavy atom. The topological polar surface area (TPSA) is 32.3 Å². The second-order valence-electron chi connectivity index (χ2n) is 5.79. The smallest absolute Gasteiger partial charge is 0.237 e. The van der Waals surface area contributed by atoms with Crippen LogP contribution in [0.2, 0.25) is 0 Å². The van der Waals surface area contributed by atoms with Crippen molar-refractivity contribution in [2.45, 2.75) is 52.1 Å². The molecule has 1 aliphatic heterocycles. The molecule has 0 bridgehead atoms. The van der Waals surface area contributed by atoms with E-state index in [0.29, 0.717) is 12.6 Å². The summed E-state index contributed by atoms with van der Waals surface area (Å²) < 4.78 is 0. The molecule has 1 aliphatic rings. The molecule has 1 heterocycles. The zero-order valence-electron chi connectivity index (χ0n) is 12.9. The van der Waals surface area contributed by atoms with Gasteiger partial charge in [-0.3, -0.25) is 4.79 Å². The summed E-state index contributed by atoms with van der Waals surface area (Å²) in [4.78, 5) is 14.5. The summed E-state index contributed by atoms with van der Waals surface area (Å²) in [6.45, 7) is 7.73. The molecule has 2 rings (SSSR count). The van der Waals surface area contributed by atoms with Crippen LogP contribution in [0.3, 0.4) is 0 Å². The summed E-state index contributed by atoms with van der Waals surface area (Å²) in [5.41, 5.74) is 2.59. The Kier molecular flexibility index (Phi) is 5.18. The number of aryl methyl sites for hydroxylation is 1. The molecule has 1 aromatic carbocycles. The predicted molar refractivity (Wildman–Crippen MR) is 82.6 cm³/mol. The van der Waals surface area contributed by atoms with Gasteiger partial charge in [0.25, 0.3) is 0 Å². The van der Waals surface area contributed by atoms with E-state index in [9.17, 15) is 4.79 Å². The maximum absolute atomic E-state index is 12.4. The lowest BCUT2D eigenvalue weighted by molar-refractivity contribution is -0.131. The van der Waals surface area contributed by atoms with Gasteiger partial charge in [0, 0.05) is 12.6 Å². The van der Waals surface area contributed by atoms with Gasteiger partial charge in [-0.2, -0.15) is 0 Å². The quantitative estimate of drug-likeness (QED) is 0.895. The molecule has 110 valence electrons. The summed E-state index contributed by atoms with van der Waals surface area (Å²) in [6.07, 6.45) is 3.24. The minimum atomic E-state index is 0.232. The van der Waals surface area contributed by atoms with Crippen molar-refractivity contribution >= 4 is 5.91 Å². The number of amides is 1. The predicted octanol–water partition coefficient (Wildman–Crippen LogP) is 3.05. The van der Waals surface area contributed by atoms with Crippen molar-refractivity contribution in [3.63, 3.8) is 0 Å². The normalized spacial score (nSPS) is 20.1. The molecule has 1 amide bonds. The number of nitrogens with one attached hydrogen (secondary N) is 1. The van der Waals surface area contributed by atoms with Crippen LogP contribution >= 0.6 is 0 Å². The molecular formula is C17H26N2O. The fraction of sp³-hybridized carbons (Fsp3) is 0.588. The minimum Gasteiger partial charge on any atom is -0.335 e. The number of rotatable bonds is 5. The molecular weight excluding hydrogens is 248 g/mol. The molecule has 20 heavy (non-hydrogen) atoms. The average Bonchev–Trinajstić information content (AvgIpc) is 2.94. The van der Waals surface area contributed by atoms with Crippen LogP contribution in [0, 0.1) is 6.92 Å². The standard InChI is InChI=1S/C17H26N2O/c1-4-14(3)18-12-17(20)19-11-7-10-16(19)15-9-6-5-8-13(15)2/h5-6,8-9,14,16,18H,4,7,10-12H2,1-3H3. The number of hydrogen-bond acceptors (Lipinski definition) is 2. The van der Waals surface area contributed by atoms with Gasteiger partial charge in [-0.1, -0.05) is 31.2 Å². The molecule has 3 heteroatoms. The van der Waals surface area contributed by atoms with Crippen LogP contribution in [0.15, 0.2) is 24.3 Å². The molecule has 3 nitrogen and oxygen atoms in total. The molecule has 0 spiro atoms. The van der Waals surface area contributed by atoms with E-state index in [1.54, 1.807) is 0 Å². The van der Waals surface area contributed by atoms with E-state index in [0.717, 1.165) is 25.8 Å². The van der Waals surface area contributed by atoms with Gasteiger partial charge in [0.05, 0.1) is 12.6 Å². The Balaban J connectivity index is 2.04. The molecule has 1 saturated heterocycles. The summed E-state index contributed by atoms with van der Waals surface area (Å²) in [5, 5.41) is 3.30. The zero-order chi connectivity index (χ0) is 14.5. The lowest BCUT2D eigenvalue weighted by atomic mass is 9.99. The van der Waals surface area contributed by atoms with Gasteiger partial charge in [-0.15, -0.1) is 0 Å². The van der Waals surface area contributed by atoms with Gasteiger partial charge in [-0.25, -0.2) is 0 Å². The fourth-order valence-electron chi connectivity index (χ4n) is 2.86. The van der Waals surface area contributed by atoms with E-state index >= 15 is 0 Å². The number of carbonyl (C=O) groups is 1. The van der Waals surface area contributed by atoms with Crippen molar-refractivity contribution in [1.82, 2.24) is 10.2 Å². The van der Waals surface area contributed by atoms with Gasteiger partial charge in [0.1, 0.15) is 0 Å². The van der Waals surface area contributed by atoms with Crippen molar-refractivity contribution in [2.24, 2.45) is 0 Å². The third-order valence-corrected chi connectivity index (χ3v) is 4.33. The highest BCUT2D eigenvalue weighted by Crippen LogP contribution is 2.33. The summed E-state index contributed by atoms with van der Waals surface area (Å²) >= 11 is 0. The Morgan fingerprint density at radius 1 is 1.45 bits per heavy atom. The molecule has 0 radical (unpaired) electrons. The summed E-state index contributed by atoms with van der Waals surface area (Å²) in [6, 6.07) is 9.09. The van der Waals surface area contributed by atoms with Crippen LogP contribution in [0.5, 0.6) is 0 Å². The molecule has 2 atom stereocenters. The molecule has 0 saturated carbocycles. The SMILES string of the molecule is CCC(C)NCC(=O)N1CCCC1c1ccccc1C. The van der Waals surface area contributed by atoms with Crippen molar-refractivity contribution < 1.29 is 4.79 Å². The van der Waals surface area contributed by atoms with Crippen LogP contribution in [-0.2, 0) is 4.79 Å². The van der Waals surface area contributed by atoms with Crippen molar-refractivity contribution in [3.05, 3.63) is 35.4 Å². The Bertz CT molecular complexity index is 458. The molecule has 0 aromatic heterocycles. The lowest BCUT2D eigenvalue weighted by Gasteiger charge is -2.27. The molecule has 1 N–H and O–H groups in total. The van der Waals surface area contributed by atoms with Crippen LogP contribution in [0.4, 0.5) is 0 Å². The maximum atomic E-state index is 12.4. The van der Waals surface area contributed by atoms with Gasteiger partial charge < -0.3 is 10.2 Å². The highest BCUT2D eigenvalue weighted by Gasteiger charge is 2.30. The maximum Gasteiger partial charge on any atom is 0.237 e. The first-order valence-electron chi connectivity index (χ1n) is 7.71. The number of benzene rings is 1. The molecule has 1 aromatic rings. The number of carbonyl (C=O) groups excluding carboxylic acids is 1. The van der Waals surface area contributed by atoms with Gasteiger partial charge >= 0.3 is 0 Å². The van der Waals surface area contributed by atoms with Gasteiger partial charge in [0.2, 0.25) is 5.91 Å². The number of likely N-dealkylation sites (tertiary alicyclic amines) is 1. The fourth-order valence-corrected chi connectivity index (χ4v) is 2.86. The Morgan fingerprint density at radius 2 is 2.20 bits per heavy atom.